The Labute approximate surface area is 293 Å². The summed E-state index contributed by atoms with van der Waals surface area (Å²) in [6.45, 7) is 10.3. The van der Waals surface area contributed by atoms with Gasteiger partial charge in [-0.25, -0.2) is 24.7 Å². The first kappa shape index (κ1) is 35.3. The van der Waals surface area contributed by atoms with Crippen molar-refractivity contribution in [3.63, 3.8) is 0 Å². The Morgan fingerprint density at radius 2 is 1.86 bits per heavy atom. The van der Waals surface area contributed by atoms with Crippen molar-refractivity contribution in [1.29, 1.82) is 0 Å². The third-order valence-corrected chi connectivity index (χ3v) is 9.90. The molecule has 6 rings (SSSR count). The summed E-state index contributed by atoms with van der Waals surface area (Å²) in [5.74, 6) is 1.18. The molecule has 4 heterocycles. The third-order valence-electron chi connectivity index (χ3n) is 9.90. The Hall–Kier alpha value is -4.55. The van der Waals surface area contributed by atoms with Crippen LogP contribution in [0.2, 0.25) is 0 Å². The van der Waals surface area contributed by atoms with Crippen LogP contribution in [-0.4, -0.2) is 86.6 Å². The van der Waals surface area contributed by atoms with E-state index in [-0.39, 0.29) is 30.3 Å². The zero-order chi connectivity index (χ0) is 35.4. The van der Waals surface area contributed by atoms with E-state index in [0.717, 1.165) is 43.3 Å². The number of fused-ring (bicyclic) bond motifs is 5. The van der Waals surface area contributed by atoms with E-state index >= 15 is 0 Å². The molecule has 13 nitrogen and oxygen atoms in total. The van der Waals surface area contributed by atoms with Gasteiger partial charge in [-0.05, 0) is 68.6 Å². The molecule has 2 amide bonds. The highest BCUT2D eigenvalue weighted by Gasteiger charge is 2.50. The maximum atomic E-state index is 14.3. The van der Waals surface area contributed by atoms with Gasteiger partial charge in [-0.15, -0.1) is 0 Å². The van der Waals surface area contributed by atoms with Crippen molar-refractivity contribution >= 4 is 34.8 Å². The minimum absolute atomic E-state index is 0.127. The number of alkyl carbamates (subject to hydrolysis) is 1. The van der Waals surface area contributed by atoms with Crippen LogP contribution in [0.15, 0.2) is 36.7 Å². The predicted octanol–water partition coefficient (Wildman–Crippen LogP) is 5.13. The molecular weight excluding hydrogens is 638 g/mol. The van der Waals surface area contributed by atoms with E-state index in [1.54, 1.807) is 23.4 Å². The van der Waals surface area contributed by atoms with Crippen molar-refractivity contribution in [3.8, 4) is 11.6 Å². The average molecular weight is 688 g/mol. The Morgan fingerprint density at radius 1 is 1.06 bits per heavy atom. The van der Waals surface area contributed by atoms with Crippen LogP contribution < -0.4 is 20.1 Å². The maximum absolute atomic E-state index is 14.3. The lowest BCUT2D eigenvalue weighted by molar-refractivity contribution is -0.141. The van der Waals surface area contributed by atoms with E-state index in [1.165, 1.54) is 6.92 Å². The maximum Gasteiger partial charge on any atom is 0.408 e. The highest BCUT2D eigenvalue weighted by atomic mass is 16.6. The SMILES string of the molecule is CC[C@@H]1[C@@H]2CN(C(=O)[C@H](C(C)(C)C)NC(=O)O[C@@H]3C[C@H]3CCCCCc3nc4ccc(OCCNc5ncccn5)cc4nc3O2)[C@@H]1C(C)=O. The van der Waals surface area contributed by atoms with E-state index in [4.69, 9.17) is 24.2 Å². The summed E-state index contributed by atoms with van der Waals surface area (Å²) in [4.78, 5) is 60.5. The summed E-state index contributed by atoms with van der Waals surface area (Å²) in [6, 6.07) is 5.80. The standard InChI is InChI=1S/C37H49N7O6/c1-6-25-30-21-44(31(25)22(2)45)34(46)32(37(3,4)5)43-36(47)50-29-19-23(29)11-8-7-9-12-27-33(49-30)42-28-20-24(13-14-26(28)41-27)48-18-17-40-35-38-15-10-16-39-35/h10,13-16,20,23,25,29-32H,6-9,11-12,17-19,21H2,1-5H3,(H,43,47)(H,38,39,40)/t23-,25-,29-,30+,31-,32-/m1/s1. The number of aromatic nitrogens is 4. The van der Waals surface area contributed by atoms with Crippen molar-refractivity contribution in [2.45, 2.75) is 104 Å². The second kappa shape index (κ2) is 15.1. The summed E-state index contributed by atoms with van der Waals surface area (Å²) in [7, 11) is 0. The summed E-state index contributed by atoms with van der Waals surface area (Å²) in [6.07, 6.45) is 8.09. The van der Waals surface area contributed by atoms with E-state index in [2.05, 4.69) is 20.6 Å². The highest BCUT2D eigenvalue weighted by Crippen LogP contribution is 2.39. The number of amides is 2. The van der Waals surface area contributed by atoms with E-state index < -0.39 is 29.7 Å². The molecule has 268 valence electrons. The average Bonchev–Trinajstić information content (AvgIpc) is 3.70. The van der Waals surface area contributed by atoms with Gasteiger partial charge >= 0.3 is 6.09 Å². The molecule has 2 fully saturated rings. The van der Waals surface area contributed by atoms with Gasteiger partial charge in [0.1, 0.15) is 36.3 Å². The number of carbonyl (C=O) groups excluding carboxylic acids is 3. The molecule has 3 aliphatic rings. The first-order valence-electron chi connectivity index (χ1n) is 17.9. The molecule has 50 heavy (non-hydrogen) atoms. The largest absolute Gasteiger partial charge is 0.492 e. The van der Waals surface area contributed by atoms with Gasteiger partial charge < -0.3 is 29.7 Å². The summed E-state index contributed by atoms with van der Waals surface area (Å²) in [5, 5.41) is 5.99. The monoisotopic (exact) mass is 687 g/mol. The fraction of sp³-hybridized carbons (Fsp3) is 0.595. The van der Waals surface area contributed by atoms with E-state index in [1.807, 2.05) is 45.9 Å². The van der Waals surface area contributed by atoms with Crippen LogP contribution in [-0.2, 0) is 20.7 Å². The molecule has 1 aromatic carbocycles. The normalized spacial score (nSPS) is 26.0. The number of aryl methyl sites for hydroxylation is 1. The van der Waals surface area contributed by atoms with Crippen molar-refractivity contribution < 1.29 is 28.6 Å². The number of nitrogens with one attached hydrogen (secondary N) is 2. The van der Waals surface area contributed by atoms with Gasteiger partial charge in [0.05, 0.1) is 30.2 Å². The fourth-order valence-electron chi connectivity index (χ4n) is 7.15. The Morgan fingerprint density at radius 3 is 2.60 bits per heavy atom. The smallest absolute Gasteiger partial charge is 0.408 e. The van der Waals surface area contributed by atoms with Crippen LogP contribution in [0.25, 0.3) is 11.0 Å². The summed E-state index contributed by atoms with van der Waals surface area (Å²) < 4.78 is 18.5. The number of ether oxygens (including phenoxy) is 3. The van der Waals surface area contributed by atoms with Crippen molar-refractivity contribution in [1.82, 2.24) is 30.2 Å². The third kappa shape index (κ3) is 8.24. The number of anilines is 1. The summed E-state index contributed by atoms with van der Waals surface area (Å²) >= 11 is 0. The Bertz CT molecular complexity index is 1680. The second-order valence-electron chi connectivity index (χ2n) is 14.7. The van der Waals surface area contributed by atoms with Crippen molar-refractivity contribution in [3.05, 3.63) is 42.4 Å². The zero-order valence-corrected chi connectivity index (χ0v) is 29.7. The zero-order valence-electron chi connectivity index (χ0n) is 29.7. The van der Waals surface area contributed by atoms with Crippen LogP contribution in [0.1, 0.15) is 78.8 Å². The van der Waals surface area contributed by atoms with Gasteiger partial charge in [0.15, 0.2) is 5.78 Å². The number of carbonyl (C=O) groups is 3. The van der Waals surface area contributed by atoms with E-state index in [9.17, 15) is 14.4 Å². The minimum atomic E-state index is -0.894. The molecule has 0 unspecified atom stereocenters. The number of nitrogens with zero attached hydrogens (tertiary/aromatic N) is 5. The molecule has 13 heteroatoms. The molecule has 2 N–H and O–H groups in total. The molecule has 0 radical (unpaired) electrons. The topological polar surface area (TPSA) is 158 Å². The lowest BCUT2D eigenvalue weighted by Crippen LogP contribution is -2.57. The second-order valence-corrected chi connectivity index (χ2v) is 14.7. The molecule has 3 aromatic rings. The van der Waals surface area contributed by atoms with Gasteiger partial charge in [-0.1, -0.05) is 40.5 Å². The van der Waals surface area contributed by atoms with Gasteiger partial charge in [0.2, 0.25) is 17.7 Å². The first-order valence-corrected chi connectivity index (χ1v) is 17.9. The summed E-state index contributed by atoms with van der Waals surface area (Å²) in [5.41, 5.74) is 1.48. The van der Waals surface area contributed by atoms with Crippen LogP contribution in [0, 0.1) is 17.3 Å². The van der Waals surface area contributed by atoms with Crippen LogP contribution in [0.3, 0.4) is 0 Å². The van der Waals surface area contributed by atoms with Gasteiger partial charge in [-0.3, -0.25) is 9.59 Å². The number of hydrogen-bond donors (Lipinski definition) is 2. The van der Waals surface area contributed by atoms with Gasteiger partial charge in [-0.2, -0.15) is 0 Å². The van der Waals surface area contributed by atoms with Crippen molar-refractivity contribution in [2.24, 2.45) is 17.3 Å². The number of benzene rings is 1. The predicted molar refractivity (Wildman–Crippen MR) is 187 cm³/mol. The highest BCUT2D eigenvalue weighted by molar-refractivity contribution is 5.92. The molecule has 6 atom stereocenters. The van der Waals surface area contributed by atoms with E-state index in [0.29, 0.717) is 55.0 Å². The molecule has 1 saturated carbocycles. The van der Waals surface area contributed by atoms with Crippen LogP contribution >= 0.6 is 0 Å². The molecule has 2 aliphatic heterocycles. The lowest BCUT2D eigenvalue weighted by Gasteiger charge is -2.35. The lowest BCUT2D eigenvalue weighted by atomic mass is 9.85. The quantitative estimate of drug-likeness (QED) is 0.317. The van der Waals surface area contributed by atoms with Gasteiger partial charge in [0.25, 0.3) is 0 Å². The number of Topliss-reactive ketones (excluding diaryl/α,β-unsaturated/α-hetero) is 1. The molecule has 2 bridgehead atoms. The molecule has 2 aromatic heterocycles. The van der Waals surface area contributed by atoms with Gasteiger partial charge in [0, 0.05) is 24.4 Å². The number of ketones is 1. The van der Waals surface area contributed by atoms with Crippen molar-refractivity contribution in [2.75, 3.05) is 25.0 Å². The van der Waals surface area contributed by atoms with Crippen LogP contribution in [0.4, 0.5) is 10.7 Å². The minimum Gasteiger partial charge on any atom is -0.492 e. The number of hydrogen-bond acceptors (Lipinski definition) is 11. The number of rotatable bonds is 7. The molecule has 1 aliphatic carbocycles. The fourth-order valence-corrected chi connectivity index (χ4v) is 7.15. The van der Waals surface area contributed by atoms with Crippen LogP contribution in [0.5, 0.6) is 11.6 Å². The molecular formula is C37H49N7O6. The Balaban J connectivity index is 1.28. The molecule has 1 saturated heterocycles. The Kier molecular flexibility index (Phi) is 10.7. The first-order chi connectivity index (χ1) is 24.0. The molecule has 0 spiro atoms.